The van der Waals surface area contributed by atoms with E-state index in [4.69, 9.17) is 4.74 Å². The molecule has 0 spiro atoms. The number of nitrogens with zero attached hydrogens (tertiary/aromatic N) is 2. The number of aryl methyl sites for hydroxylation is 1. The molecule has 7 nitrogen and oxygen atoms in total. The van der Waals surface area contributed by atoms with Gasteiger partial charge in [-0.3, -0.25) is 4.79 Å². The molecule has 4 aromatic rings. The average Bonchev–Trinajstić information content (AvgIpc) is 3.20. The number of anilines is 1. The lowest BCUT2D eigenvalue weighted by Gasteiger charge is -2.27. The van der Waals surface area contributed by atoms with Crippen molar-refractivity contribution in [3.63, 3.8) is 0 Å². The van der Waals surface area contributed by atoms with Crippen molar-refractivity contribution in [1.29, 1.82) is 0 Å². The molecule has 5 rings (SSSR count). The first-order valence-electron chi connectivity index (χ1n) is 13.0. The Labute approximate surface area is 229 Å². The number of nitrogens with one attached hydrogen (secondary N) is 1. The summed E-state index contributed by atoms with van der Waals surface area (Å²) in [5.74, 6) is 0.519. The molecular weight excluding hydrogens is 510 g/mol. The standard InChI is InChI=1S/C31H33N3O4S/c1-21-12-13-28(32-23(3)35)30(18-21)39(36,37)33-16-14-25(15-17-33)31-22(2)34(29-11-6-5-10-27(29)31)20-24-8-7-9-26(19-24)38-4/h5-14,18-19H,15-17,20H2,1-4H3,(H,32,35). The Hall–Kier alpha value is -3.88. The van der Waals surface area contributed by atoms with Crippen LogP contribution in [-0.2, 0) is 21.4 Å². The van der Waals surface area contributed by atoms with Crippen LogP contribution in [0.3, 0.4) is 0 Å². The van der Waals surface area contributed by atoms with Crippen molar-refractivity contribution < 1.29 is 17.9 Å². The van der Waals surface area contributed by atoms with E-state index in [1.165, 1.54) is 16.8 Å². The summed E-state index contributed by atoms with van der Waals surface area (Å²) in [4.78, 5) is 11.8. The first kappa shape index (κ1) is 26.7. The van der Waals surface area contributed by atoms with Crippen LogP contribution >= 0.6 is 0 Å². The Morgan fingerprint density at radius 3 is 2.54 bits per heavy atom. The van der Waals surface area contributed by atoms with Crippen LogP contribution in [0.4, 0.5) is 5.69 Å². The third-order valence-corrected chi connectivity index (χ3v) is 9.17. The number of hydrogen-bond donors (Lipinski definition) is 1. The Morgan fingerprint density at radius 2 is 1.82 bits per heavy atom. The van der Waals surface area contributed by atoms with Crippen LogP contribution in [0.1, 0.15) is 35.7 Å². The van der Waals surface area contributed by atoms with Gasteiger partial charge in [0.15, 0.2) is 0 Å². The maximum Gasteiger partial charge on any atom is 0.245 e. The highest BCUT2D eigenvalue weighted by Gasteiger charge is 2.30. The van der Waals surface area contributed by atoms with Gasteiger partial charge in [0.05, 0.1) is 12.8 Å². The number of sulfonamides is 1. The van der Waals surface area contributed by atoms with Gasteiger partial charge in [-0.25, -0.2) is 8.42 Å². The van der Waals surface area contributed by atoms with Crippen LogP contribution in [0.25, 0.3) is 16.5 Å². The van der Waals surface area contributed by atoms with Gasteiger partial charge in [0.2, 0.25) is 15.9 Å². The van der Waals surface area contributed by atoms with Crippen molar-refractivity contribution >= 4 is 38.1 Å². The number of benzene rings is 3. The fourth-order valence-corrected chi connectivity index (χ4v) is 6.98. The van der Waals surface area contributed by atoms with E-state index in [0.717, 1.165) is 39.0 Å². The van der Waals surface area contributed by atoms with E-state index in [2.05, 4.69) is 41.1 Å². The number of rotatable bonds is 7. The van der Waals surface area contributed by atoms with Gasteiger partial charge < -0.3 is 14.6 Å². The first-order chi connectivity index (χ1) is 18.7. The molecule has 1 aliphatic rings. The lowest BCUT2D eigenvalue weighted by molar-refractivity contribution is -0.114. The lowest BCUT2D eigenvalue weighted by Crippen LogP contribution is -2.35. The number of carbonyl (C=O) groups is 1. The normalized spacial score (nSPS) is 14.3. The fourth-order valence-electron chi connectivity index (χ4n) is 5.36. The average molecular weight is 544 g/mol. The van der Waals surface area contributed by atoms with Crippen molar-refractivity contribution in [3.05, 3.63) is 95.2 Å². The quantitative estimate of drug-likeness (QED) is 0.322. The highest BCUT2D eigenvalue weighted by atomic mass is 32.2. The highest BCUT2D eigenvalue weighted by Crippen LogP contribution is 2.36. The molecule has 39 heavy (non-hydrogen) atoms. The SMILES string of the molecule is COc1cccc(Cn2c(C)c(C3=CCN(S(=O)(=O)c4cc(C)ccc4NC(C)=O)CC3)c3ccccc32)c1. The highest BCUT2D eigenvalue weighted by molar-refractivity contribution is 7.89. The largest absolute Gasteiger partial charge is 0.497 e. The molecule has 1 amide bonds. The van der Waals surface area contributed by atoms with E-state index in [9.17, 15) is 13.2 Å². The first-order valence-corrected chi connectivity index (χ1v) is 14.4. The molecule has 0 fully saturated rings. The summed E-state index contributed by atoms with van der Waals surface area (Å²) in [7, 11) is -2.13. The zero-order valence-electron chi connectivity index (χ0n) is 22.7. The Morgan fingerprint density at radius 1 is 1.03 bits per heavy atom. The van der Waals surface area contributed by atoms with Crippen molar-refractivity contribution in [2.45, 2.75) is 38.6 Å². The second kappa shape index (κ2) is 10.7. The molecule has 1 aromatic heterocycles. The maximum atomic E-state index is 13.7. The molecule has 0 atom stereocenters. The second-order valence-corrected chi connectivity index (χ2v) is 11.8. The maximum absolute atomic E-state index is 13.7. The van der Waals surface area contributed by atoms with Crippen LogP contribution in [0, 0.1) is 13.8 Å². The van der Waals surface area contributed by atoms with E-state index in [1.807, 2.05) is 37.3 Å². The summed E-state index contributed by atoms with van der Waals surface area (Å²) in [6.45, 7) is 6.67. The van der Waals surface area contributed by atoms with Crippen LogP contribution in [0.5, 0.6) is 5.75 Å². The Bertz CT molecular complexity index is 1700. The molecule has 0 radical (unpaired) electrons. The fraction of sp³-hybridized carbons (Fsp3) is 0.258. The van der Waals surface area contributed by atoms with E-state index in [-0.39, 0.29) is 17.3 Å². The minimum atomic E-state index is -3.80. The molecule has 0 saturated carbocycles. The molecule has 2 heterocycles. The summed E-state index contributed by atoms with van der Waals surface area (Å²) in [6.07, 6.45) is 2.62. The third-order valence-electron chi connectivity index (χ3n) is 7.26. The summed E-state index contributed by atoms with van der Waals surface area (Å²) in [5.41, 5.74) is 6.87. The smallest absolute Gasteiger partial charge is 0.245 e. The zero-order chi connectivity index (χ0) is 27.7. The topological polar surface area (TPSA) is 80.6 Å². The number of ether oxygens (including phenoxy) is 1. The number of amides is 1. The molecule has 0 unspecified atom stereocenters. The number of methoxy groups -OCH3 is 1. The molecule has 3 aromatic carbocycles. The van der Waals surface area contributed by atoms with Crippen molar-refractivity contribution in [1.82, 2.24) is 8.87 Å². The van der Waals surface area contributed by atoms with E-state index < -0.39 is 10.0 Å². The van der Waals surface area contributed by atoms with E-state index >= 15 is 0 Å². The van der Waals surface area contributed by atoms with Crippen molar-refractivity contribution in [2.24, 2.45) is 0 Å². The van der Waals surface area contributed by atoms with E-state index in [1.54, 1.807) is 25.3 Å². The van der Waals surface area contributed by atoms with Gasteiger partial charge in [0, 0.05) is 48.7 Å². The predicted molar refractivity (Wildman–Crippen MR) is 156 cm³/mol. The van der Waals surface area contributed by atoms with Gasteiger partial charge in [-0.15, -0.1) is 0 Å². The van der Waals surface area contributed by atoms with Crippen molar-refractivity contribution in [2.75, 3.05) is 25.5 Å². The van der Waals surface area contributed by atoms with Gasteiger partial charge >= 0.3 is 0 Å². The van der Waals surface area contributed by atoms with Gasteiger partial charge in [-0.05, 0) is 67.3 Å². The Balaban J connectivity index is 1.48. The molecule has 1 N–H and O–H groups in total. The van der Waals surface area contributed by atoms with Gasteiger partial charge in [-0.1, -0.05) is 42.5 Å². The van der Waals surface area contributed by atoms with Gasteiger partial charge in [0.1, 0.15) is 10.6 Å². The second-order valence-electron chi connectivity index (χ2n) is 9.94. The number of para-hydroxylation sites is 1. The number of aromatic nitrogens is 1. The molecule has 0 saturated heterocycles. The lowest BCUT2D eigenvalue weighted by atomic mass is 9.97. The monoisotopic (exact) mass is 543 g/mol. The minimum absolute atomic E-state index is 0.126. The van der Waals surface area contributed by atoms with Crippen LogP contribution in [-0.4, -0.2) is 43.4 Å². The predicted octanol–water partition coefficient (Wildman–Crippen LogP) is 5.75. The van der Waals surface area contributed by atoms with Crippen LogP contribution in [0.2, 0.25) is 0 Å². The number of hydrogen-bond acceptors (Lipinski definition) is 4. The van der Waals surface area contributed by atoms with Crippen molar-refractivity contribution in [3.8, 4) is 5.75 Å². The third kappa shape index (κ3) is 5.22. The molecule has 8 heteroatoms. The summed E-state index contributed by atoms with van der Waals surface area (Å²) in [5, 5.41) is 3.83. The van der Waals surface area contributed by atoms with E-state index in [0.29, 0.717) is 25.2 Å². The Kier molecular flexibility index (Phi) is 7.34. The molecular formula is C31H33N3O4S. The summed E-state index contributed by atoms with van der Waals surface area (Å²) < 4.78 is 36.5. The van der Waals surface area contributed by atoms with Crippen LogP contribution in [0.15, 0.2) is 77.7 Å². The number of carbonyl (C=O) groups excluding carboxylic acids is 1. The zero-order valence-corrected chi connectivity index (χ0v) is 23.5. The van der Waals surface area contributed by atoms with Gasteiger partial charge in [0.25, 0.3) is 0 Å². The summed E-state index contributed by atoms with van der Waals surface area (Å²) >= 11 is 0. The summed E-state index contributed by atoms with van der Waals surface area (Å²) in [6, 6.07) is 21.5. The molecule has 1 aliphatic heterocycles. The molecule has 0 bridgehead atoms. The molecule has 0 aliphatic carbocycles. The van der Waals surface area contributed by atoms with Crippen LogP contribution < -0.4 is 10.1 Å². The number of fused-ring (bicyclic) bond motifs is 1. The van der Waals surface area contributed by atoms with Gasteiger partial charge in [-0.2, -0.15) is 4.31 Å². The molecule has 202 valence electrons. The minimum Gasteiger partial charge on any atom is -0.497 e.